The molecule has 2 rings (SSSR count). The van der Waals surface area contributed by atoms with Crippen molar-refractivity contribution in [3.8, 4) is 0 Å². The Morgan fingerprint density at radius 3 is 2.92 bits per heavy atom. The Labute approximate surface area is 82.3 Å². The average Bonchev–Trinajstić information content (AvgIpc) is 2.61. The molecule has 1 aromatic rings. The third kappa shape index (κ3) is 2.22. The lowest BCUT2D eigenvalue weighted by Crippen LogP contribution is -2.41. The zero-order valence-corrected chi connectivity index (χ0v) is 8.57. The van der Waals surface area contributed by atoms with E-state index in [4.69, 9.17) is 0 Å². The van der Waals surface area contributed by atoms with E-state index >= 15 is 0 Å². The van der Waals surface area contributed by atoms with Crippen LogP contribution in [0.25, 0.3) is 0 Å². The van der Waals surface area contributed by atoms with Crippen LogP contribution in [0.5, 0.6) is 0 Å². The summed E-state index contributed by atoms with van der Waals surface area (Å²) in [6, 6.07) is 0.668. The molecular formula is C8H14N4S. The first-order chi connectivity index (χ1) is 6.36. The summed E-state index contributed by atoms with van der Waals surface area (Å²) in [6.07, 6.45) is 3.54. The van der Waals surface area contributed by atoms with Gasteiger partial charge >= 0.3 is 0 Å². The van der Waals surface area contributed by atoms with Crippen molar-refractivity contribution in [2.24, 2.45) is 0 Å². The van der Waals surface area contributed by atoms with Gasteiger partial charge in [0.05, 0.1) is 6.67 Å². The summed E-state index contributed by atoms with van der Waals surface area (Å²) in [4.78, 5) is 2.46. The van der Waals surface area contributed by atoms with Gasteiger partial charge in [0.1, 0.15) is 12.7 Å². The average molecular weight is 198 g/mol. The van der Waals surface area contributed by atoms with E-state index < -0.39 is 0 Å². The Balaban J connectivity index is 1.93. The lowest BCUT2D eigenvalue weighted by Gasteiger charge is -2.32. The van der Waals surface area contributed by atoms with Gasteiger partial charge in [-0.15, -0.1) is 10.2 Å². The standard InChI is InChI=1S/C8H14N4S/c1-8-4-13-3-2-12(8)7-11-5-9-10-6-11/h5-6,8H,2-4,7H2,1H3. The van der Waals surface area contributed by atoms with Gasteiger partial charge in [0.25, 0.3) is 0 Å². The molecule has 2 heterocycles. The van der Waals surface area contributed by atoms with Crippen molar-refractivity contribution in [1.82, 2.24) is 19.7 Å². The molecule has 72 valence electrons. The fourth-order valence-electron chi connectivity index (χ4n) is 1.48. The summed E-state index contributed by atoms with van der Waals surface area (Å²) in [7, 11) is 0. The summed E-state index contributed by atoms with van der Waals surface area (Å²) in [5.74, 6) is 2.48. The van der Waals surface area contributed by atoms with E-state index in [0.29, 0.717) is 6.04 Å². The van der Waals surface area contributed by atoms with Gasteiger partial charge in [-0.3, -0.25) is 4.90 Å². The molecule has 1 unspecified atom stereocenters. The van der Waals surface area contributed by atoms with E-state index in [-0.39, 0.29) is 0 Å². The zero-order valence-electron chi connectivity index (χ0n) is 7.76. The highest BCUT2D eigenvalue weighted by Crippen LogP contribution is 2.16. The van der Waals surface area contributed by atoms with Crippen LogP contribution >= 0.6 is 11.8 Å². The van der Waals surface area contributed by atoms with Crippen LogP contribution in [0.2, 0.25) is 0 Å². The molecule has 0 bridgehead atoms. The molecule has 13 heavy (non-hydrogen) atoms. The van der Waals surface area contributed by atoms with Crippen molar-refractivity contribution in [3.63, 3.8) is 0 Å². The number of hydrogen-bond acceptors (Lipinski definition) is 4. The molecule has 0 spiro atoms. The number of aromatic nitrogens is 3. The highest BCUT2D eigenvalue weighted by molar-refractivity contribution is 7.99. The van der Waals surface area contributed by atoms with Crippen LogP contribution in [0.1, 0.15) is 6.92 Å². The van der Waals surface area contributed by atoms with Gasteiger partial charge < -0.3 is 4.57 Å². The molecule has 1 atom stereocenters. The zero-order chi connectivity index (χ0) is 9.10. The van der Waals surface area contributed by atoms with Gasteiger partial charge in [0, 0.05) is 24.1 Å². The molecule has 1 fully saturated rings. The third-order valence-corrected chi connectivity index (χ3v) is 3.51. The first-order valence-electron chi connectivity index (χ1n) is 4.50. The molecule has 0 amide bonds. The molecule has 0 saturated carbocycles. The fraction of sp³-hybridized carbons (Fsp3) is 0.750. The minimum Gasteiger partial charge on any atom is -0.306 e. The van der Waals surface area contributed by atoms with Crippen LogP contribution in [0.4, 0.5) is 0 Å². The monoisotopic (exact) mass is 198 g/mol. The van der Waals surface area contributed by atoms with Crippen molar-refractivity contribution < 1.29 is 0 Å². The normalized spacial score (nSPS) is 24.8. The Bertz CT molecular complexity index is 249. The van der Waals surface area contributed by atoms with Gasteiger partial charge in [-0.25, -0.2) is 0 Å². The minimum atomic E-state index is 0.668. The van der Waals surface area contributed by atoms with Crippen molar-refractivity contribution in [2.75, 3.05) is 18.1 Å². The maximum Gasteiger partial charge on any atom is 0.120 e. The summed E-state index contributed by atoms with van der Waals surface area (Å²) in [5.41, 5.74) is 0. The SMILES string of the molecule is CC1CSCCN1Cn1cnnc1. The molecule has 0 aliphatic carbocycles. The van der Waals surface area contributed by atoms with E-state index in [9.17, 15) is 0 Å². The smallest absolute Gasteiger partial charge is 0.120 e. The minimum absolute atomic E-state index is 0.668. The molecular weight excluding hydrogens is 184 g/mol. The third-order valence-electron chi connectivity index (χ3n) is 2.32. The molecule has 5 heteroatoms. The number of thioether (sulfide) groups is 1. The van der Waals surface area contributed by atoms with E-state index in [2.05, 4.69) is 22.0 Å². The van der Waals surface area contributed by atoms with Crippen LogP contribution in [-0.4, -0.2) is 43.8 Å². The van der Waals surface area contributed by atoms with Gasteiger partial charge in [-0.05, 0) is 6.92 Å². The molecule has 1 aliphatic heterocycles. The quantitative estimate of drug-likeness (QED) is 0.699. The first kappa shape index (κ1) is 9.02. The first-order valence-corrected chi connectivity index (χ1v) is 5.66. The van der Waals surface area contributed by atoms with E-state index in [1.54, 1.807) is 12.7 Å². The highest BCUT2D eigenvalue weighted by atomic mass is 32.2. The van der Waals surface area contributed by atoms with Gasteiger partial charge in [-0.2, -0.15) is 11.8 Å². The largest absolute Gasteiger partial charge is 0.306 e. The van der Waals surface area contributed by atoms with Gasteiger partial charge in [-0.1, -0.05) is 0 Å². The van der Waals surface area contributed by atoms with Gasteiger partial charge in [0.2, 0.25) is 0 Å². The van der Waals surface area contributed by atoms with Crippen LogP contribution in [0.15, 0.2) is 12.7 Å². The maximum atomic E-state index is 3.79. The van der Waals surface area contributed by atoms with Crippen molar-refractivity contribution >= 4 is 11.8 Å². The van der Waals surface area contributed by atoms with Crippen molar-refractivity contribution in [1.29, 1.82) is 0 Å². The lowest BCUT2D eigenvalue weighted by atomic mass is 10.3. The number of hydrogen-bond donors (Lipinski definition) is 0. The highest BCUT2D eigenvalue weighted by Gasteiger charge is 2.18. The summed E-state index contributed by atoms with van der Waals surface area (Å²) >= 11 is 2.04. The van der Waals surface area contributed by atoms with Crippen LogP contribution < -0.4 is 0 Å². The molecule has 0 aromatic carbocycles. The van der Waals surface area contributed by atoms with Crippen LogP contribution in [-0.2, 0) is 6.67 Å². The maximum absolute atomic E-state index is 3.79. The van der Waals surface area contributed by atoms with Gasteiger partial charge in [0.15, 0.2) is 0 Å². The van der Waals surface area contributed by atoms with E-state index in [1.165, 1.54) is 18.1 Å². The summed E-state index contributed by atoms with van der Waals surface area (Å²) < 4.78 is 2.02. The lowest BCUT2D eigenvalue weighted by molar-refractivity contribution is 0.181. The molecule has 0 N–H and O–H groups in total. The van der Waals surface area contributed by atoms with Crippen molar-refractivity contribution in [3.05, 3.63) is 12.7 Å². The Kier molecular flexibility index (Phi) is 2.85. The van der Waals surface area contributed by atoms with E-state index in [0.717, 1.165) is 6.67 Å². The van der Waals surface area contributed by atoms with Crippen molar-refractivity contribution in [2.45, 2.75) is 19.6 Å². The molecule has 1 saturated heterocycles. The Morgan fingerprint density at radius 1 is 1.46 bits per heavy atom. The topological polar surface area (TPSA) is 34.0 Å². The second-order valence-electron chi connectivity index (χ2n) is 3.35. The number of rotatable bonds is 2. The Morgan fingerprint density at radius 2 is 2.23 bits per heavy atom. The predicted molar refractivity (Wildman–Crippen MR) is 53.5 cm³/mol. The number of nitrogens with zero attached hydrogens (tertiary/aromatic N) is 4. The predicted octanol–water partition coefficient (Wildman–Crippen LogP) is 0.673. The van der Waals surface area contributed by atoms with Crippen LogP contribution in [0.3, 0.4) is 0 Å². The summed E-state index contributed by atoms with van der Waals surface area (Å²) in [5, 5.41) is 7.59. The Hall–Kier alpha value is -0.550. The second kappa shape index (κ2) is 4.11. The second-order valence-corrected chi connectivity index (χ2v) is 4.50. The van der Waals surface area contributed by atoms with E-state index in [1.807, 2.05) is 16.3 Å². The molecule has 1 aliphatic rings. The molecule has 1 aromatic heterocycles. The summed E-state index contributed by atoms with van der Waals surface area (Å²) in [6.45, 7) is 4.37. The molecule has 0 radical (unpaired) electrons. The molecule has 4 nitrogen and oxygen atoms in total. The fourth-order valence-corrected chi connectivity index (χ4v) is 2.56. The van der Waals surface area contributed by atoms with Crippen LogP contribution in [0, 0.1) is 0 Å².